The van der Waals surface area contributed by atoms with Gasteiger partial charge in [0.25, 0.3) is 0 Å². The molecule has 2 rings (SSSR count). The SMILES string of the molecule is CNCc1cncc(-n2cc(Cl)c(C)n2)n1. The first kappa shape index (κ1) is 11.0. The Morgan fingerprint density at radius 2 is 2.25 bits per heavy atom. The van der Waals surface area contributed by atoms with Crippen LogP contribution in [-0.2, 0) is 6.54 Å². The minimum Gasteiger partial charge on any atom is -0.314 e. The second-order valence-corrected chi connectivity index (χ2v) is 3.81. The molecule has 0 aliphatic rings. The zero-order chi connectivity index (χ0) is 11.5. The number of hydrogen-bond acceptors (Lipinski definition) is 4. The molecule has 6 heteroatoms. The van der Waals surface area contributed by atoms with Gasteiger partial charge in [0.2, 0.25) is 0 Å². The number of aryl methyl sites for hydroxylation is 1. The second-order valence-electron chi connectivity index (χ2n) is 3.41. The summed E-state index contributed by atoms with van der Waals surface area (Å²) in [5.74, 6) is 0.669. The zero-order valence-corrected chi connectivity index (χ0v) is 9.86. The maximum absolute atomic E-state index is 5.94. The van der Waals surface area contributed by atoms with Gasteiger partial charge in [0.05, 0.1) is 28.8 Å². The molecule has 0 unspecified atom stereocenters. The summed E-state index contributed by atoms with van der Waals surface area (Å²) in [5, 5.41) is 7.89. The molecule has 0 atom stereocenters. The number of rotatable bonds is 3. The topological polar surface area (TPSA) is 55.6 Å². The Balaban J connectivity index is 2.36. The Hall–Kier alpha value is -1.46. The van der Waals surface area contributed by atoms with Crippen molar-refractivity contribution in [1.29, 1.82) is 0 Å². The van der Waals surface area contributed by atoms with E-state index < -0.39 is 0 Å². The van der Waals surface area contributed by atoms with Crippen molar-refractivity contribution in [3.63, 3.8) is 0 Å². The highest BCUT2D eigenvalue weighted by Gasteiger charge is 2.05. The van der Waals surface area contributed by atoms with E-state index in [-0.39, 0.29) is 0 Å². The second kappa shape index (κ2) is 4.59. The van der Waals surface area contributed by atoms with Crippen LogP contribution in [0.2, 0.25) is 5.02 Å². The Labute approximate surface area is 98.5 Å². The maximum Gasteiger partial charge on any atom is 0.172 e. The van der Waals surface area contributed by atoms with E-state index in [1.807, 2.05) is 14.0 Å². The lowest BCUT2D eigenvalue weighted by atomic mass is 10.4. The van der Waals surface area contributed by atoms with Gasteiger partial charge in [0.15, 0.2) is 5.82 Å². The van der Waals surface area contributed by atoms with E-state index in [1.54, 1.807) is 23.3 Å². The monoisotopic (exact) mass is 237 g/mol. The average molecular weight is 238 g/mol. The van der Waals surface area contributed by atoms with Crippen molar-refractivity contribution in [2.75, 3.05) is 7.05 Å². The van der Waals surface area contributed by atoms with E-state index in [1.165, 1.54) is 0 Å². The van der Waals surface area contributed by atoms with Gasteiger partial charge < -0.3 is 5.32 Å². The molecular weight excluding hydrogens is 226 g/mol. The Morgan fingerprint density at radius 1 is 1.44 bits per heavy atom. The summed E-state index contributed by atoms with van der Waals surface area (Å²) in [7, 11) is 1.86. The molecule has 0 aromatic carbocycles. The summed E-state index contributed by atoms with van der Waals surface area (Å²) in [4.78, 5) is 8.52. The van der Waals surface area contributed by atoms with Crippen LogP contribution in [0.5, 0.6) is 0 Å². The third-order valence-corrected chi connectivity index (χ3v) is 2.47. The standard InChI is InChI=1S/C10H12ClN5/c1-7-9(11)6-16(15-7)10-5-13-4-8(14-10)3-12-2/h4-6,12H,3H2,1-2H3. The van der Waals surface area contributed by atoms with Gasteiger partial charge in [0, 0.05) is 12.7 Å². The Bertz CT molecular complexity index is 474. The number of aromatic nitrogens is 4. The van der Waals surface area contributed by atoms with Crippen LogP contribution in [0.4, 0.5) is 0 Å². The fourth-order valence-corrected chi connectivity index (χ4v) is 1.46. The van der Waals surface area contributed by atoms with E-state index in [0.717, 1.165) is 11.4 Å². The largest absolute Gasteiger partial charge is 0.314 e. The van der Waals surface area contributed by atoms with Crippen molar-refractivity contribution in [1.82, 2.24) is 25.1 Å². The highest BCUT2D eigenvalue weighted by molar-refractivity contribution is 6.31. The molecule has 0 aliphatic heterocycles. The van der Waals surface area contributed by atoms with Gasteiger partial charge in [-0.1, -0.05) is 11.6 Å². The van der Waals surface area contributed by atoms with E-state index in [2.05, 4.69) is 20.4 Å². The van der Waals surface area contributed by atoms with E-state index in [9.17, 15) is 0 Å². The molecule has 2 aromatic heterocycles. The zero-order valence-electron chi connectivity index (χ0n) is 9.11. The van der Waals surface area contributed by atoms with Crippen molar-refractivity contribution < 1.29 is 0 Å². The van der Waals surface area contributed by atoms with Gasteiger partial charge in [-0.05, 0) is 14.0 Å². The first-order chi connectivity index (χ1) is 7.70. The number of hydrogen-bond donors (Lipinski definition) is 1. The molecule has 2 aromatic rings. The van der Waals surface area contributed by atoms with Gasteiger partial charge in [-0.3, -0.25) is 4.98 Å². The molecule has 0 saturated heterocycles. The summed E-state index contributed by atoms with van der Waals surface area (Å²) < 4.78 is 1.63. The third kappa shape index (κ3) is 2.20. The van der Waals surface area contributed by atoms with E-state index in [0.29, 0.717) is 17.4 Å². The van der Waals surface area contributed by atoms with Crippen LogP contribution in [0.3, 0.4) is 0 Å². The summed E-state index contributed by atoms with van der Waals surface area (Å²) in [5.41, 5.74) is 1.65. The first-order valence-electron chi connectivity index (χ1n) is 4.88. The van der Waals surface area contributed by atoms with Gasteiger partial charge in [-0.15, -0.1) is 0 Å². The molecule has 0 spiro atoms. The summed E-state index contributed by atoms with van der Waals surface area (Å²) in [6.45, 7) is 2.53. The maximum atomic E-state index is 5.94. The fourth-order valence-electron chi connectivity index (χ4n) is 1.33. The molecule has 2 heterocycles. The predicted octanol–water partition coefficient (Wildman–Crippen LogP) is 1.34. The van der Waals surface area contributed by atoms with Crippen molar-refractivity contribution in [2.45, 2.75) is 13.5 Å². The van der Waals surface area contributed by atoms with Crippen LogP contribution in [-0.4, -0.2) is 26.8 Å². The number of nitrogens with zero attached hydrogens (tertiary/aromatic N) is 4. The molecular formula is C10H12ClN5. The molecule has 0 saturated carbocycles. The van der Waals surface area contributed by atoms with Crippen molar-refractivity contribution in [2.24, 2.45) is 0 Å². The molecule has 0 radical (unpaired) electrons. The molecule has 5 nitrogen and oxygen atoms in total. The summed E-state index contributed by atoms with van der Waals surface area (Å²) in [6, 6.07) is 0. The minimum atomic E-state index is 0.626. The molecule has 1 N–H and O–H groups in total. The minimum absolute atomic E-state index is 0.626. The molecule has 0 bridgehead atoms. The normalized spacial score (nSPS) is 10.7. The first-order valence-corrected chi connectivity index (χ1v) is 5.26. The van der Waals surface area contributed by atoms with E-state index >= 15 is 0 Å². The quantitative estimate of drug-likeness (QED) is 0.876. The summed E-state index contributed by atoms with van der Waals surface area (Å²) >= 11 is 5.94. The van der Waals surface area contributed by atoms with Gasteiger partial charge in [0.1, 0.15) is 0 Å². The van der Waals surface area contributed by atoms with Crippen molar-refractivity contribution >= 4 is 11.6 Å². The lowest BCUT2D eigenvalue weighted by Gasteiger charge is -2.02. The van der Waals surface area contributed by atoms with Crippen LogP contribution in [0.1, 0.15) is 11.4 Å². The molecule has 0 fully saturated rings. The van der Waals surface area contributed by atoms with Crippen LogP contribution in [0.25, 0.3) is 5.82 Å². The van der Waals surface area contributed by atoms with Crippen LogP contribution in [0.15, 0.2) is 18.6 Å². The lowest BCUT2D eigenvalue weighted by molar-refractivity contribution is 0.757. The molecule has 0 amide bonds. The smallest absolute Gasteiger partial charge is 0.172 e. The Kier molecular flexibility index (Phi) is 3.17. The van der Waals surface area contributed by atoms with Crippen LogP contribution < -0.4 is 5.32 Å². The highest BCUT2D eigenvalue weighted by atomic mass is 35.5. The fraction of sp³-hybridized carbons (Fsp3) is 0.300. The van der Waals surface area contributed by atoms with Crippen molar-refractivity contribution in [3.8, 4) is 5.82 Å². The average Bonchev–Trinajstić information content (AvgIpc) is 2.60. The van der Waals surface area contributed by atoms with E-state index in [4.69, 9.17) is 11.6 Å². The molecule has 0 aliphatic carbocycles. The van der Waals surface area contributed by atoms with Crippen molar-refractivity contribution in [3.05, 3.63) is 35.0 Å². The van der Waals surface area contributed by atoms with Gasteiger partial charge in [-0.25, -0.2) is 9.67 Å². The number of halogens is 1. The highest BCUT2D eigenvalue weighted by Crippen LogP contribution is 2.14. The van der Waals surface area contributed by atoms with Crippen LogP contribution >= 0.6 is 11.6 Å². The van der Waals surface area contributed by atoms with Gasteiger partial charge >= 0.3 is 0 Å². The molecule has 84 valence electrons. The molecule has 16 heavy (non-hydrogen) atoms. The predicted molar refractivity (Wildman–Crippen MR) is 61.7 cm³/mol. The third-order valence-electron chi connectivity index (χ3n) is 2.10. The number of nitrogens with one attached hydrogen (secondary N) is 1. The summed E-state index contributed by atoms with van der Waals surface area (Å²) in [6.07, 6.45) is 5.10. The lowest BCUT2D eigenvalue weighted by Crippen LogP contribution is -2.09. The Morgan fingerprint density at radius 3 is 2.88 bits per heavy atom. The van der Waals surface area contributed by atoms with Crippen LogP contribution in [0, 0.1) is 6.92 Å². The van der Waals surface area contributed by atoms with Gasteiger partial charge in [-0.2, -0.15) is 5.10 Å².